The number of carbonyl (C=O) groups is 1. The standard InChI is InChI=1S/C13H10ClN3OS/c14-10-5-2-6-16-12(10)17-13(18)9-4-1-3-8(7-9)11(15)19/h1-7H,(H2,15,19)(H,16,17,18). The molecule has 3 N–H and O–H groups in total. The van der Waals surface area contributed by atoms with Gasteiger partial charge in [-0.25, -0.2) is 4.98 Å². The van der Waals surface area contributed by atoms with E-state index in [-0.39, 0.29) is 10.9 Å². The zero-order valence-electron chi connectivity index (χ0n) is 9.76. The molecule has 0 saturated heterocycles. The molecular formula is C13H10ClN3OS. The first-order valence-corrected chi connectivity index (χ1v) is 6.18. The van der Waals surface area contributed by atoms with Gasteiger partial charge in [-0.3, -0.25) is 4.79 Å². The first-order chi connectivity index (χ1) is 9.08. The summed E-state index contributed by atoms with van der Waals surface area (Å²) < 4.78 is 0. The van der Waals surface area contributed by atoms with Crippen molar-refractivity contribution in [3.8, 4) is 0 Å². The number of thiocarbonyl (C=S) groups is 1. The van der Waals surface area contributed by atoms with Gasteiger partial charge in [0.05, 0.1) is 5.02 Å². The molecule has 1 amide bonds. The average molecular weight is 292 g/mol. The summed E-state index contributed by atoms with van der Waals surface area (Å²) >= 11 is 10.8. The van der Waals surface area contributed by atoms with E-state index in [4.69, 9.17) is 29.6 Å². The van der Waals surface area contributed by atoms with Gasteiger partial charge in [-0.2, -0.15) is 0 Å². The third kappa shape index (κ3) is 3.27. The van der Waals surface area contributed by atoms with Crippen molar-refractivity contribution in [1.29, 1.82) is 0 Å². The monoisotopic (exact) mass is 291 g/mol. The predicted molar refractivity (Wildman–Crippen MR) is 79.5 cm³/mol. The molecule has 0 atom stereocenters. The summed E-state index contributed by atoms with van der Waals surface area (Å²) in [6.45, 7) is 0. The largest absolute Gasteiger partial charge is 0.389 e. The number of rotatable bonds is 3. The number of pyridine rings is 1. The van der Waals surface area contributed by atoms with Crippen LogP contribution in [0.3, 0.4) is 0 Å². The lowest BCUT2D eigenvalue weighted by atomic mass is 10.1. The Hall–Kier alpha value is -1.98. The average Bonchev–Trinajstić information content (AvgIpc) is 2.41. The highest BCUT2D eigenvalue weighted by atomic mass is 35.5. The van der Waals surface area contributed by atoms with E-state index in [0.717, 1.165) is 0 Å². The number of hydrogen-bond donors (Lipinski definition) is 2. The number of nitrogens with zero attached hydrogens (tertiary/aromatic N) is 1. The smallest absolute Gasteiger partial charge is 0.256 e. The first-order valence-electron chi connectivity index (χ1n) is 5.39. The third-order valence-electron chi connectivity index (χ3n) is 2.40. The van der Waals surface area contributed by atoms with Gasteiger partial charge >= 0.3 is 0 Å². The van der Waals surface area contributed by atoms with Crippen molar-refractivity contribution in [3.05, 3.63) is 58.7 Å². The number of hydrogen-bond acceptors (Lipinski definition) is 3. The Morgan fingerprint density at radius 2 is 2.00 bits per heavy atom. The molecule has 1 heterocycles. The zero-order valence-corrected chi connectivity index (χ0v) is 11.3. The molecule has 1 aromatic carbocycles. The molecule has 0 radical (unpaired) electrons. The fraction of sp³-hybridized carbons (Fsp3) is 0. The van der Waals surface area contributed by atoms with Gasteiger partial charge < -0.3 is 11.1 Å². The first kappa shape index (κ1) is 13.5. The highest BCUT2D eigenvalue weighted by Gasteiger charge is 2.10. The van der Waals surface area contributed by atoms with Crippen molar-refractivity contribution in [2.75, 3.05) is 5.32 Å². The highest BCUT2D eigenvalue weighted by Crippen LogP contribution is 2.18. The van der Waals surface area contributed by atoms with E-state index in [9.17, 15) is 4.79 Å². The molecule has 0 spiro atoms. The summed E-state index contributed by atoms with van der Waals surface area (Å²) in [7, 11) is 0. The van der Waals surface area contributed by atoms with Crippen molar-refractivity contribution in [1.82, 2.24) is 4.98 Å². The Morgan fingerprint density at radius 1 is 1.26 bits per heavy atom. The minimum Gasteiger partial charge on any atom is -0.389 e. The van der Waals surface area contributed by atoms with Crippen molar-refractivity contribution in [2.24, 2.45) is 5.73 Å². The Kier molecular flexibility index (Phi) is 4.09. The van der Waals surface area contributed by atoms with Crippen molar-refractivity contribution in [2.45, 2.75) is 0 Å². The quantitative estimate of drug-likeness (QED) is 0.853. The van der Waals surface area contributed by atoms with Crippen LogP contribution in [0, 0.1) is 0 Å². The summed E-state index contributed by atoms with van der Waals surface area (Å²) in [6, 6.07) is 10.1. The fourth-order valence-corrected chi connectivity index (χ4v) is 1.77. The number of nitrogens with one attached hydrogen (secondary N) is 1. The molecule has 0 saturated carbocycles. The minimum absolute atomic E-state index is 0.241. The molecule has 2 rings (SSSR count). The topological polar surface area (TPSA) is 68.0 Å². The van der Waals surface area contributed by atoms with E-state index in [1.807, 2.05) is 0 Å². The van der Waals surface area contributed by atoms with Crippen LogP contribution in [0.4, 0.5) is 5.82 Å². The van der Waals surface area contributed by atoms with Crippen LogP contribution in [0.2, 0.25) is 5.02 Å². The van der Waals surface area contributed by atoms with E-state index < -0.39 is 0 Å². The molecule has 0 unspecified atom stereocenters. The van der Waals surface area contributed by atoms with Crippen LogP contribution in [0.1, 0.15) is 15.9 Å². The summed E-state index contributed by atoms with van der Waals surface area (Å²) in [5.41, 5.74) is 6.60. The van der Waals surface area contributed by atoms with Crippen LogP contribution in [-0.4, -0.2) is 15.9 Å². The number of amides is 1. The van der Waals surface area contributed by atoms with E-state index in [2.05, 4.69) is 10.3 Å². The molecule has 2 aromatic rings. The van der Waals surface area contributed by atoms with Crippen LogP contribution >= 0.6 is 23.8 Å². The summed E-state index contributed by atoms with van der Waals surface area (Å²) in [5.74, 6) is -0.00593. The van der Waals surface area contributed by atoms with E-state index >= 15 is 0 Å². The lowest BCUT2D eigenvalue weighted by Crippen LogP contribution is -2.15. The number of nitrogens with two attached hydrogens (primary N) is 1. The second-order valence-electron chi connectivity index (χ2n) is 3.73. The van der Waals surface area contributed by atoms with Gasteiger partial charge in [0, 0.05) is 17.3 Å². The molecular weight excluding hydrogens is 282 g/mol. The summed E-state index contributed by atoms with van der Waals surface area (Å²) in [6.07, 6.45) is 1.55. The van der Waals surface area contributed by atoms with Gasteiger partial charge in [0.2, 0.25) is 0 Å². The molecule has 96 valence electrons. The van der Waals surface area contributed by atoms with Gasteiger partial charge in [-0.1, -0.05) is 36.0 Å². The van der Waals surface area contributed by atoms with Crippen molar-refractivity contribution in [3.63, 3.8) is 0 Å². The molecule has 0 aliphatic rings. The van der Waals surface area contributed by atoms with Crippen molar-refractivity contribution >= 4 is 40.5 Å². The molecule has 1 aromatic heterocycles. The molecule has 0 aliphatic heterocycles. The second kappa shape index (κ2) is 5.77. The number of benzene rings is 1. The van der Waals surface area contributed by atoms with Crippen LogP contribution in [0.15, 0.2) is 42.6 Å². The summed E-state index contributed by atoms with van der Waals surface area (Å²) in [4.78, 5) is 16.3. The molecule has 4 nitrogen and oxygen atoms in total. The van der Waals surface area contributed by atoms with Gasteiger partial charge in [-0.05, 0) is 24.3 Å². The number of aromatic nitrogens is 1. The Bertz CT molecular complexity index is 645. The molecule has 6 heteroatoms. The maximum Gasteiger partial charge on any atom is 0.256 e. The number of carbonyl (C=O) groups excluding carboxylic acids is 1. The SMILES string of the molecule is NC(=S)c1cccc(C(=O)Nc2ncccc2Cl)c1. The zero-order chi connectivity index (χ0) is 13.8. The van der Waals surface area contributed by atoms with Crippen LogP contribution in [0.5, 0.6) is 0 Å². The maximum absolute atomic E-state index is 12.0. The van der Waals surface area contributed by atoms with Gasteiger partial charge in [0.15, 0.2) is 5.82 Å². The van der Waals surface area contributed by atoms with Gasteiger partial charge in [0.25, 0.3) is 5.91 Å². The lowest BCUT2D eigenvalue weighted by molar-refractivity contribution is 0.102. The molecule has 0 aliphatic carbocycles. The number of anilines is 1. The van der Waals surface area contributed by atoms with E-state index in [1.54, 1.807) is 42.6 Å². The normalized spacial score (nSPS) is 9.95. The molecule has 0 fully saturated rings. The lowest BCUT2D eigenvalue weighted by Gasteiger charge is -2.07. The fourth-order valence-electron chi connectivity index (χ4n) is 1.47. The van der Waals surface area contributed by atoms with Gasteiger partial charge in [0.1, 0.15) is 4.99 Å². The van der Waals surface area contributed by atoms with Crippen LogP contribution in [0.25, 0.3) is 0 Å². The second-order valence-corrected chi connectivity index (χ2v) is 4.58. The Labute approximate surface area is 120 Å². The number of halogens is 1. The minimum atomic E-state index is -0.321. The van der Waals surface area contributed by atoms with Crippen LogP contribution < -0.4 is 11.1 Å². The summed E-state index contributed by atoms with van der Waals surface area (Å²) in [5, 5.41) is 3.00. The van der Waals surface area contributed by atoms with Crippen molar-refractivity contribution < 1.29 is 4.79 Å². The van der Waals surface area contributed by atoms with Gasteiger partial charge in [-0.15, -0.1) is 0 Å². The maximum atomic E-state index is 12.0. The third-order valence-corrected chi connectivity index (χ3v) is 2.94. The van der Waals surface area contributed by atoms with Crippen LogP contribution in [-0.2, 0) is 0 Å². The Morgan fingerprint density at radius 3 is 2.68 bits per heavy atom. The molecule has 19 heavy (non-hydrogen) atoms. The highest BCUT2D eigenvalue weighted by molar-refractivity contribution is 7.80. The van der Waals surface area contributed by atoms with E-state index in [0.29, 0.717) is 22.0 Å². The molecule has 0 bridgehead atoms. The Balaban J connectivity index is 2.23. The predicted octanol–water partition coefficient (Wildman–Crippen LogP) is 2.62. The van der Waals surface area contributed by atoms with E-state index in [1.165, 1.54) is 0 Å².